The number of nitrogens with one attached hydrogen (secondary N) is 1. The highest BCUT2D eigenvalue weighted by Crippen LogP contribution is 2.30. The lowest BCUT2D eigenvalue weighted by Gasteiger charge is -2.34. The Balaban J connectivity index is 1.89. The highest BCUT2D eigenvalue weighted by Gasteiger charge is 2.26. The van der Waals surface area contributed by atoms with Gasteiger partial charge in [-0.3, -0.25) is 4.99 Å². The lowest BCUT2D eigenvalue weighted by atomic mass is 9.79. The molecule has 0 aromatic heterocycles. The predicted octanol–water partition coefficient (Wildman–Crippen LogP) is 3.92. The molecule has 1 aliphatic heterocycles. The number of aliphatic imine (C=N–C) groups is 1. The van der Waals surface area contributed by atoms with E-state index in [9.17, 15) is 0 Å². The van der Waals surface area contributed by atoms with Gasteiger partial charge in [-0.1, -0.05) is 39.5 Å². The van der Waals surface area contributed by atoms with Crippen LogP contribution in [0, 0.1) is 17.8 Å². The van der Waals surface area contributed by atoms with Crippen molar-refractivity contribution in [3.05, 3.63) is 0 Å². The van der Waals surface area contributed by atoms with Crippen molar-refractivity contribution < 1.29 is 0 Å². The molecule has 2 nitrogen and oxygen atoms in total. The van der Waals surface area contributed by atoms with Crippen LogP contribution in [0.5, 0.6) is 0 Å². The van der Waals surface area contributed by atoms with Crippen LogP contribution in [0.25, 0.3) is 0 Å². The number of hydrogen-bond acceptors (Lipinski definition) is 3. The third-order valence-corrected chi connectivity index (χ3v) is 5.57. The van der Waals surface area contributed by atoms with Crippen LogP contribution in [0.4, 0.5) is 0 Å². The molecule has 1 fully saturated rings. The van der Waals surface area contributed by atoms with Crippen molar-refractivity contribution in [1.82, 2.24) is 5.32 Å². The Bertz CT molecular complexity index is 301. The fourth-order valence-electron chi connectivity index (χ4n) is 2.94. The summed E-state index contributed by atoms with van der Waals surface area (Å²) in [4.78, 5) is 4.89. The Morgan fingerprint density at radius 3 is 2.61 bits per heavy atom. The number of rotatable bonds is 2. The van der Waals surface area contributed by atoms with Crippen LogP contribution in [-0.4, -0.2) is 23.0 Å². The summed E-state index contributed by atoms with van der Waals surface area (Å²) in [5.41, 5.74) is 0. The first kappa shape index (κ1) is 14.2. The fraction of sp³-hybridized carbons (Fsp3) is 0.933. The van der Waals surface area contributed by atoms with Gasteiger partial charge in [-0.15, -0.1) is 0 Å². The second kappa shape index (κ2) is 6.31. The first-order valence-corrected chi connectivity index (χ1v) is 8.52. The third kappa shape index (κ3) is 3.66. The van der Waals surface area contributed by atoms with Crippen molar-refractivity contribution in [2.75, 3.05) is 5.75 Å². The Kier molecular flexibility index (Phi) is 4.99. The Morgan fingerprint density at radius 2 is 1.94 bits per heavy atom. The topological polar surface area (TPSA) is 24.4 Å². The number of hydrogen-bond donors (Lipinski definition) is 1. The van der Waals surface area contributed by atoms with Gasteiger partial charge in [0.05, 0.1) is 6.04 Å². The molecule has 0 saturated heterocycles. The van der Waals surface area contributed by atoms with Crippen molar-refractivity contribution in [2.45, 2.75) is 65.5 Å². The van der Waals surface area contributed by atoms with E-state index in [0.29, 0.717) is 18.0 Å². The normalized spacial score (nSPS) is 37.5. The minimum Gasteiger partial charge on any atom is -0.362 e. The quantitative estimate of drug-likeness (QED) is 0.821. The van der Waals surface area contributed by atoms with Gasteiger partial charge in [0.2, 0.25) is 0 Å². The maximum absolute atomic E-state index is 4.89. The van der Waals surface area contributed by atoms with E-state index in [4.69, 9.17) is 4.99 Å². The van der Waals surface area contributed by atoms with E-state index >= 15 is 0 Å². The molecule has 0 radical (unpaired) electrons. The zero-order valence-corrected chi connectivity index (χ0v) is 13.1. The van der Waals surface area contributed by atoms with Crippen molar-refractivity contribution in [1.29, 1.82) is 0 Å². The SMILES string of the molecule is CC(C)C1CCSC(NC2CCC(C)C(C)C2)=N1. The van der Waals surface area contributed by atoms with E-state index in [0.717, 1.165) is 11.8 Å². The van der Waals surface area contributed by atoms with Gasteiger partial charge >= 0.3 is 0 Å². The first-order valence-electron chi connectivity index (χ1n) is 7.53. The molecule has 3 heteroatoms. The Hall–Kier alpha value is -0.180. The summed E-state index contributed by atoms with van der Waals surface area (Å²) in [5.74, 6) is 3.65. The molecule has 2 aliphatic rings. The van der Waals surface area contributed by atoms with Crippen LogP contribution in [0.15, 0.2) is 4.99 Å². The van der Waals surface area contributed by atoms with E-state index in [1.165, 1.54) is 36.6 Å². The number of amidine groups is 1. The molecule has 1 heterocycles. The summed E-state index contributed by atoms with van der Waals surface area (Å²) in [7, 11) is 0. The lowest BCUT2D eigenvalue weighted by molar-refractivity contribution is 0.240. The maximum Gasteiger partial charge on any atom is 0.157 e. The van der Waals surface area contributed by atoms with Crippen LogP contribution in [0.1, 0.15) is 53.4 Å². The second-order valence-electron chi connectivity index (χ2n) is 6.49. The zero-order valence-electron chi connectivity index (χ0n) is 12.3. The standard InChI is InChI=1S/C15H28N2S/c1-10(2)14-7-8-18-15(17-14)16-13-6-5-11(3)12(4)9-13/h10-14H,5-9H2,1-4H3,(H,16,17). The smallest absolute Gasteiger partial charge is 0.157 e. The average molecular weight is 268 g/mol. The summed E-state index contributed by atoms with van der Waals surface area (Å²) in [6.07, 6.45) is 5.24. The third-order valence-electron chi connectivity index (χ3n) is 4.63. The molecule has 4 atom stereocenters. The summed E-state index contributed by atoms with van der Waals surface area (Å²) < 4.78 is 0. The molecule has 1 aliphatic carbocycles. The van der Waals surface area contributed by atoms with E-state index in [2.05, 4.69) is 33.0 Å². The molecule has 0 aromatic rings. The van der Waals surface area contributed by atoms with Gasteiger partial charge < -0.3 is 5.32 Å². The molecule has 1 saturated carbocycles. The molecular weight excluding hydrogens is 240 g/mol. The van der Waals surface area contributed by atoms with Crippen molar-refractivity contribution in [3.8, 4) is 0 Å². The maximum atomic E-state index is 4.89. The molecule has 1 N–H and O–H groups in total. The monoisotopic (exact) mass is 268 g/mol. The minimum atomic E-state index is 0.536. The van der Waals surface area contributed by atoms with Crippen molar-refractivity contribution in [3.63, 3.8) is 0 Å². The Labute approximate surface area is 116 Å². The molecule has 4 unspecified atom stereocenters. The van der Waals surface area contributed by atoms with E-state index in [1.54, 1.807) is 0 Å². The lowest BCUT2D eigenvalue weighted by Crippen LogP contribution is -2.40. The highest BCUT2D eigenvalue weighted by molar-refractivity contribution is 8.13. The van der Waals surface area contributed by atoms with Gasteiger partial charge in [-0.05, 0) is 43.4 Å². The van der Waals surface area contributed by atoms with E-state index in [1.807, 2.05) is 11.8 Å². The minimum absolute atomic E-state index is 0.536. The summed E-state index contributed by atoms with van der Waals surface area (Å²) in [6.45, 7) is 9.35. The molecular formula is C15H28N2S. The molecule has 18 heavy (non-hydrogen) atoms. The van der Waals surface area contributed by atoms with Crippen LogP contribution < -0.4 is 5.32 Å². The fourth-order valence-corrected chi connectivity index (χ4v) is 3.96. The van der Waals surface area contributed by atoms with E-state index < -0.39 is 0 Å². The van der Waals surface area contributed by atoms with Crippen LogP contribution in [0.2, 0.25) is 0 Å². The zero-order chi connectivity index (χ0) is 13.1. The van der Waals surface area contributed by atoms with Gasteiger partial charge in [0.15, 0.2) is 5.17 Å². The Morgan fingerprint density at radius 1 is 1.17 bits per heavy atom. The van der Waals surface area contributed by atoms with Crippen LogP contribution in [0.3, 0.4) is 0 Å². The number of nitrogens with zero attached hydrogens (tertiary/aromatic N) is 1. The molecule has 0 amide bonds. The molecule has 0 bridgehead atoms. The largest absolute Gasteiger partial charge is 0.362 e. The van der Waals surface area contributed by atoms with Crippen LogP contribution >= 0.6 is 11.8 Å². The van der Waals surface area contributed by atoms with Gasteiger partial charge in [0.1, 0.15) is 0 Å². The molecule has 2 rings (SSSR count). The molecule has 104 valence electrons. The number of thioether (sulfide) groups is 1. The summed E-state index contributed by atoms with van der Waals surface area (Å²) in [6, 6.07) is 1.20. The van der Waals surface area contributed by atoms with Gasteiger partial charge in [0.25, 0.3) is 0 Å². The molecule has 0 spiro atoms. The second-order valence-corrected chi connectivity index (χ2v) is 7.58. The molecule has 0 aromatic carbocycles. The van der Waals surface area contributed by atoms with Crippen molar-refractivity contribution >= 4 is 16.9 Å². The average Bonchev–Trinajstić information content (AvgIpc) is 2.34. The van der Waals surface area contributed by atoms with Gasteiger partial charge in [-0.25, -0.2) is 0 Å². The highest BCUT2D eigenvalue weighted by atomic mass is 32.2. The van der Waals surface area contributed by atoms with Crippen molar-refractivity contribution in [2.24, 2.45) is 22.7 Å². The van der Waals surface area contributed by atoms with Gasteiger partial charge in [0, 0.05) is 11.8 Å². The first-order chi connectivity index (χ1) is 8.56. The predicted molar refractivity (Wildman–Crippen MR) is 82.2 cm³/mol. The summed E-state index contributed by atoms with van der Waals surface area (Å²) in [5, 5.41) is 4.92. The van der Waals surface area contributed by atoms with E-state index in [-0.39, 0.29) is 0 Å². The summed E-state index contributed by atoms with van der Waals surface area (Å²) >= 11 is 1.92. The van der Waals surface area contributed by atoms with Gasteiger partial charge in [-0.2, -0.15) is 0 Å². The van der Waals surface area contributed by atoms with Crippen LogP contribution in [-0.2, 0) is 0 Å².